The first-order valence-electron chi connectivity index (χ1n) is 16.8. The zero-order chi connectivity index (χ0) is 32.7. The number of thiophene rings is 1. The van der Waals surface area contributed by atoms with Gasteiger partial charge in [0.1, 0.15) is 0 Å². The quantitative estimate of drug-likeness (QED) is 0.191. The number of benzene rings is 7. The molecule has 0 fully saturated rings. The van der Waals surface area contributed by atoms with Gasteiger partial charge in [-0.15, -0.1) is 11.3 Å². The molecule has 1 aliphatic rings. The Morgan fingerprint density at radius 3 is 2.06 bits per heavy atom. The maximum atomic E-state index is 5.54. The van der Waals surface area contributed by atoms with Crippen molar-refractivity contribution in [3.05, 3.63) is 163 Å². The van der Waals surface area contributed by atoms with Crippen molar-refractivity contribution in [2.75, 3.05) is 4.90 Å². The smallest absolute Gasteiger partial charge is 0.235 e. The third kappa shape index (κ3) is 4.14. The van der Waals surface area contributed by atoms with Crippen molar-refractivity contribution < 1.29 is 0 Å². The first-order valence-corrected chi connectivity index (χ1v) is 17.6. The molecule has 0 bridgehead atoms. The van der Waals surface area contributed by atoms with Crippen molar-refractivity contribution >= 4 is 70.5 Å². The Kier molecular flexibility index (Phi) is 6.09. The van der Waals surface area contributed by atoms with Gasteiger partial charge in [0.15, 0.2) is 0 Å². The molecule has 10 rings (SSSR count). The number of aromatic nitrogens is 2. The molecule has 49 heavy (non-hydrogen) atoms. The minimum absolute atomic E-state index is 0.268. The first kappa shape index (κ1) is 28.2. The van der Waals surface area contributed by atoms with Gasteiger partial charge in [0.25, 0.3) is 0 Å². The standard InChI is InChI=1S/C45H31N3S/c1-45(2)35-23-10-12-25-37(35)48(42-40(45)32-20-7-6-19-31(32)39-34-22-9-13-26-38(34)49-43(39)42)44-46-36-24-11-8-21-33(36)41(47-44)30-18-14-17-29(27-30)28-15-4-3-5-16-28/h3-27H,1-2H3. The highest BCUT2D eigenvalue weighted by molar-refractivity contribution is 7.26. The molecule has 0 unspecified atom stereocenters. The molecule has 0 atom stereocenters. The normalized spacial score (nSPS) is 13.6. The van der Waals surface area contributed by atoms with Crippen molar-refractivity contribution in [1.29, 1.82) is 0 Å². The van der Waals surface area contributed by atoms with Crippen LogP contribution in [0.1, 0.15) is 25.0 Å². The highest BCUT2D eigenvalue weighted by Crippen LogP contribution is 2.58. The lowest BCUT2D eigenvalue weighted by Crippen LogP contribution is -2.31. The summed E-state index contributed by atoms with van der Waals surface area (Å²) in [6.45, 7) is 4.74. The summed E-state index contributed by atoms with van der Waals surface area (Å²) in [5.74, 6) is 0.678. The number of fused-ring (bicyclic) bond motifs is 10. The molecule has 0 amide bonds. The van der Waals surface area contributed by atoms with Gasteiger partial charge < -0.3 is 0 Å². The summed E-state index contributed by atoms with van der Waals surface area (Å²) < 4.78 is 2.55. The zero-order valence-corrected chi connectivity index (χ0v) is 28.0. The van der Waals surface area contributed by atoms with Crippen molar-refractivity contribution in [3.63, 3.8) is 0 Å². The fourth-order valence-corrected chi connectivity index (χ4v) is 9.27. The van der Waals surface area contributed by atoms with Crippen LogP contribution < -0.4 is 4.90 Å². The number of hydrogen-bond donors (Lipinski definition) is 0. The van der Waals surface area contributed by atoms with Crippen LogP contribution in [0.25, 0.3) is 64.2 Å². The van der Waals surface area contributed by atoms with E-state index in [0.717, 1.165) is 33.4 Å². The molecular formula is C45H31N3S. The Balaban J connectivity index is 1.33. The third-order valence-electron chi connectivity index (χ3n) is 10.2. The number of hydrogen-bond acceptors (Lipinski definition) is 4. The van der Waals surface area contributed by atoms with Gasteiger partial charge in [-0.2, -0.15) is 0 Å². The average Bonchev–Trinajstić information content (AvgIpc) is 3.55. The summed E-state index contributed by atoms with van der Waals surface area (Å²) in [4.78, 5) is 13.3. The Bertz CT molecular complexity index is 2760. The van der Waals surface area contributed by atoms with Gasteiger partial charge in [0.2, 0.25) is 5.95 Å². The van der Waals surface area contributed by atoms with Gasteiger partial charge >= 0.3 is 0 Å². The molecule has 2 aromatic heterocycles. The van der Waals surface area contributed by atoms with E-state index >= 15 is 0 Å². The molecule has 3 nitrogen and oxygen atoms in total. The van der Waals surface area contributed by atoms with E-state index in [9.17, 15) is 0 Å². The molecule has 1 aliphatic heterocycles. The summed E-state index contributed by atoms with van der Waals surface area (Å²) in [5.41, 5.74) is 9.86. The van der Waals surface area contributed by atoms with Crippen LogP contribution in [0.2, 0.25) is 0 Å². The molecule has 232 valence electrons. The van der Waals surface area contributed by atoms with Crippen LogP contribution in [0, 0.1) is 0 Å². The Morgan fingerprint density at radius 2 is 1.20 bits per heavy atom. The predicted molar refractivity (Wildman–Crippen MR) is 208 cm³/mol. The van der Waals surface area contributed by atoms with E-state index in [1.165, 1.54) is 53.3 Å². The van der Waals surface area contributed by atoms with Crippen LogP contribution >= 0.6 is 11.3 Å². The Labute approximate surface area is 288 Å². The van der Waals surface area contributed by atoms with Gasteiger partial charge in [-0.05, 0) is 57.3 Å². The van der Waals surface area contributed by atoms with E-state index in [1.54, 1.807) is 0 Å². The SMILES string of the molecule is CC1(C)c2ccccc2N(c2nc(-c3cccc(-c4ccccc4)c3)c3ccccc3n2)c2c1c1ccccc1c1c2sc2ccccc21. The highest BCUT2D eigenvalue weighted by Gasteiger charge is 2.41. The summed E-state index contributed by atoms with van der Waals surface area (Å²) in [5, 5.41) is 6.18. The second-order valence-corrected chi connectivity index (χ2v) is 14.4. The van der Waals surface area contributed by atoms with Gasteiger partial charge in [-0.3, -0.25) is 4.90 Å². The van der Waals surface area contributed by atoms with Crippen molar-refractivity contribution in [2.24, 2.45) is 0 Å². The van der Waals surface area contributed by atoms with Gasteiger partial charge in [-0.1, -0.05) is 141 Å². The van der Waals surface area contributed by atoms with Crippen molar-refractivity contribution in [1.82, 2.24) is 9.97 Å². The highest BCUT2D eigenvalue weighted by atomic mass is 32.1. The minimum Gasteiger partial charge on any atom is -0.277 e. The molecule has 0 saturated heterocycles. The maximum Gasteiger partial charge on any atom is 0.235 e. The summed E-state index contributed by atoms with van der Waals surface area (Å²) >= 11 is 1.87. The number of para-hydroxylation sites is 2. The number of anilines is 3. The van der Waals surface area contributed by atoms with E-state index in [1.807, 2.05) is 11.3 Å². The number of nitrogens with zero attached hydrogens (tertiary/aromatic N) is 3. The lowest BCUT2D eigenvalue weighted by Gasteiger charge is -2.42. The Hall–Kier alpha value is -5.84. The fourth-order valence-electron chi connectivity index (χ4n) is 8.01. The van der Waals surface area contributed by atoms with Crippen LogP contribution in [0.5, 0.6) is 0 Å². The summed E-state index contributed by atoms with van der Waals surface area (Å²) in [6, 6.07) is 54.3. The second-order valence-electron chi connectivity index (χ2n) is 13.4. The molecule has 7 aromatic carbocycles. The average molecular weight is 646 g/mol. The van der Waals surface area contributed by atoms with Crippen LogP contribution in [-0.4, -0.2) is 9.97 Å². The van der Waals surface area contributed by atoms with E-state index in [-0.39, 0.29) is 5.41 Å². The van der Waals surface area contributed by atoms with E-state index in [0.29, 0.717) is 5.95 Å². The lowest BCUT2D eigenvalue weighted by molar-refractivity contribution is 0.638. The fraction of sp³-hybridized carbons (Fsp3) is 0.0667. The van der Waals surface area contributed by atoms with E-state index in [4.69, 9.17) is 9.97 Å². The van der Waals surface area contributed by atoms with Crippen molar-refractivity contribution in [2.45, 2.75) is 19.3 Å². The molecule has 3 heterocycles. The molecule has 9 aromatic rings. The van der Waals surface area contributed by atoms with E-state index in [2.05, 4.69) is 170 Å². The topological polar surface area (TPSA) is 29.0 Å². The molecule has 0 saturated carbocycles. The van der Waals surface area contributed by atoms with Gasteiger partial charge in [0, 0.05) is 31.8 Å². The van der Waals surface area contributed by atoms with Gasteiger partial charge in [0.05, 0.1) is 27.3 Å². The Morgan fingerprint density at radius 1 is 0.551 bits per heavy atom. The first-order chi connectivity index (χ1) is 24.1. The van der Waals surface area contributed by atoms with Gasteiger partial charge in [-0.25, -0.2) is 9.97 Å². The second kappa shape index (κ2) is 10.6. The molecule has 0 N–H and O–H groups in total. The van der Waals surface area contributed by atoms with Crippen LogP contribution in [-0.2, 0) is 5.41 Å². The summed E-state index contributed by atoms with van der Waals surface area (Å²) in [7, 11) is 0. The molecule has 4 heteroatoms. The van der Waals surface area contributed by atoms with Crippen LogP contribution in [0.4, 0.5) is 17.3 Å². The predicted octanol–water partition coefficient (Wildman–Crippen LogP) is 12.6. The van der Waals surface area contributed by atoms with Crippen LogP contribution in [0.15, 0.2) is 152 Å². The number of rotatable bonds is 3. The molecule has 0 radical (unpaired) electrons. The molecule has 0 spiro atoms. The minimum atomic E-state index is -0.268. The third-order valence-corrected chi connectivity index (χ3v) is 11.4. The molecule has 0 aliphatic carbocycles. The van der Waals surface area contributed by atoms with E-state index < -0.39 is 0 Å². The van der Waals surface area contributed by atoms with Crippen molar-refractivity contribution in [3.8, 4) is 22.4 Å². The van der Waals surface area contributed by atoms with Crippen LogP contribution in [0.3, 0.4) is 0 Å². The molecular weight excluding hydrogens is 615 g/mol. The largest absolute Gasteiger partial charge is 0.277 e. The maximum absolute atomic E-state index is 5.54. The zero-order valence-electron chi connectivity index (χ0n) is 27.2. The summed E-state index contributed by atoms with van der Waals surface area (Å²) in [6.07, 6.45) is 0. The lowest BCUT2D eigenvalue weighted by atomic mass is 9.71. The monoisotopic (exact) mass is 645 g/mol.